The SMILES string of the molecule is CCCCCOCc1ccccc1CN. The summed E-state index contributed by atoms with van der Waals surface area (Å²) in [6.45, 7) is 4.34. The van der Waals surface area contributed by atoms with E-state index in [0.29, 0.717) is 13.2 Å². The first-order valence-corrected chi connectivity index (χ1v) is 5.73. The molecule has 0 radical (unpaired) electrons. The Morgan fingerprint density at radius 3 is 2.53 bits per heavy atom. The van der Waals surface area contributed by atoms with Crippen LogP contribution in [0.4, 0.5) is 0 Å². The van der Waals surface area contributed by atoms with E-state index >= 15 is 0 Å². The van der Waals surface area contributed by atoms with Gasteiger partial charge in [0.25, 0.3) is 0 Å². The molecule has 0 unspecified atom stereocenters. The van der Waals surface area contributed by atoms with Crippen LogP contribution in [0.15, 0.2) is 24.3 Å². The Morgan fingerprint density at radius 2 is 1.87 bits per heavy atom. The van der Waals surface area contributed by atoms with Gasteiger partial charge in [0, 0.05) is 13.2 Å². The molecule has 0 aromatic heterocycles. The summed E-state index contributed by atoms with van der Waals surface area (Å²) >= 11 is 0. The highest BCUT2D eigenvalue weighted by Crippen LogP contribution is 2.09. The van der Waals surface area contributed by atoms with Crippen molar-refractivity contribution >= 4 is 0 Å². The van der Waals surface area contributed by atoms with Gasteiger partial charge in [0.2, 0.25) is 0 Å². The van der Waals surface area contributed by atoms with Crippen molar-refractivity contribution in [3.05, 3.63) is 35.4 Å². The van der Waals surface area contributed by atoms with Gasteiger partial charge < -0.3 is 10.5 Å². The third-order valence-corrected chi connectivity index (χ3v) is 2.49. The highest BCUT2D eigenvalue weighted by molar-refractivity contribution is 5.26. The standard InChI is InChI=1S/C13H21NO/c1-2-3-6-9-15-11-13-8-5-4-7-12(13)10-14/h4-5,7-8H,2-3,6,9-11,14H2,1H3. The van der Waals surface area contributed by atoms with Crippen LogP contribution in [0.3, 0.4) is 0 Å². The van der Waals surface area contributed by atoms with E-state index in [0.717, 1.165) is 13.0 Å². The van der Waals surface area contributed by atoms with E-state index < -0.39 is 0 Å². The maximum absolute atomic E-state index is 5.65. The predicted octanol–water partition coefficient (Wildman–Crippen LogP) is 2.85. The van der Waals surface area contributed by atoms with Gasteiger partial charge in [-0.2, -0.15) is 0 Å². The first-order chi connectivity index (χ1) is 7.38. The molecule has 0 bridgehead atoms. The van der Waals surface area contributed by atoms with Gasteiger partial charge in [0.05, 0.1) is 6.61 Å². The Morgan fingerprint density at radius 1 is 1.13 bits per heavy atom. The molecule has 0 aliphatic heterocycles. The van der Waals surface area contributed by atoms with Gasteiger partial charge >= 0.3 is 0 Å². The lowest BCUT2D eigenvalue weighted by molar-refractivity contribution is 0.116. The number of unbranched alkanes of at least 4 members (excludes halogenated alkanes) is 2. The minimum atomic E-state index is 0.592. The minimum absolute atomic E-state index is 0.592. The molecule has 0 spiro atoms. The van der Waals surface area contributed by atoms with Crippen LogP contribution in [0.5, 0.6) is 0 Å². The van der Waals surface area contributed by atoms with E-state index in [1.165, 1.54) is 24.0 Å². The van der Waals surface area contributed by atoms with E-state index in [-0.39, 0.29) is 0 Å². The van der Waals surface area contributed by atoms with Crippen molar-refractivity contribution in [2.75, 3.05) is 6.61 Å². The van der Waals surface area contributed by atoms with Crippen molar-refractivity contribution in [2.24, 2.45) is 5.73 Å². The Hall–Kier alpha value is -0.860. The van der Waals surface area contributed by atoms with Gasteiger partial charge in [0.15, 0.2) is 0 Å². The molecule has 1 rings (SSSR count). The number of rotatable bonds is 7. The molecule has 2 heteroatoms. The van der Waals surface area contributed by atoms with Crippen molar-refractivity contribution in [3.8, 4) is 0 Å². The van der Waals surface area contributed by atoms with E-state index in [1.807, 2.05) is 12.1 Å². The highest BCUT2D eigenvalue weighted by Gasteiger charge is 1.99. The monoisotopic (exact) mass is 207 g/mol. The summed E-state index contributed by atoms with van der Waals surface area (Å²) in [5.74, 6) is 0. The van der Waals surface area contributed by atoms with Gasteiger partial charge in [-0.3, -0.25) is 0 Å². The van der Waals surface area contributed by atoms with Gasteiger partial charge in [-0.25, -0.2) is 0 Å². The molecule has 1 aromatic rings. The molecule has 0 saturated carbocycles. The number of nitrogens with two attached hydrogens (primary N) is 1. The third-order valence-electron chi connectivity index (χ3n) is 2.49. The van der Waals surface area contributed by atoms with Crippen molar-refractivity contribution in [3.63, 3.8) is 0 Å². The Balaban J connectivity index is 2.30. The summed E-state index contributed by atoms with van der Waals surface area (Å²) in [4.78, 5) is 0. The molecule has 0 amide bonds. The second kappa shape index (κ2) is 7.43. The number of hydrogen-bond acceptors (Lipinski definition) is 2. The second-order valence-corrected chi connectivity index (χ2v) is 3.73. The molecule has 15 heavy (non-hydrogen) atoms. The summed E-state index contributed by atoms with van der Waals surface area (Å²) in [5, 5.41) is 0. The normalized spacial score (nSPS) is 10.5. The molecule has 0 aliphatic carbocycles. The molecule has 0 aliphatic rings. The molecule has 0 fully saturated rings. The predicted molar refractivity (Wildman–Crippen MR) is 63.5 cm³/mol. The largest absolute Gasteiger partial charge is 0.377 e. The zero-order chi connectivity index (χ0) is 10.9. The highest BCUT2D eigenvalue weighted by atomic mass is 16.5. The Kier molecular flexibility index (Phi) is 6.05. The van der Waals surface area contributed by atoms with Crippen LogP contribution in [0.1, 0.15) is 37.3 Å². The molecule has 2 N–H and O–H groups in total. The Bertz CT molecular complexity index is 273. The fourth-order valence-corrected chi connectivity index (χ4v) is 1.53. The molecule has 0 heterocycles. The molecule has 0 saturated heterocycles. The molecule has 1 aromatic carbocycles. The smallest absolute Gasteiger partial charge is 0.0720 e. The van der Waals surface area contributed by atoms with Crippen LogP contribution in [-0.2, 0) is 17.9 Å². The van der Waals surface area contributed by atoms with E-state index in [4.69, 9.17) is 10.5 Å². The van der Waals surface area contributed by atoms with E-state index in [1.54, 1.807) is 0 Å². The van der Waals surface area contributed by atoms with Gasteiger partial charge in [-0.1, -0.05) is 44.0 Å². The van der Waals surface area contributed by atoms with Gasteiger partial charge in [0.1, 0.15) is 0 Å². The van der Waals surface area contributed by atoms with Crippen LogP contribution >= 0.6 is 0 Å². The lowest BCUT2D eigenvalue weighted by atomic mass is 10.1. The van der Waals surface area contributed by atoms with E-state index in [9.17, 15) is 0 Å². The van der Waals surface area contributed by atoms with Crippen molar-refractivity contribution < 1.29 is 4.74 Å². The average Bonchev–Trinajstić information content (AvgIpc) is 2.29. The fraction of sp³-hybridized carbons (Fsp3) is 0.538. The minimum Gasteiger partial charge on any atom is -0.377 e. The third kappa shape index (κ3) is 4.45. The van der Waals surface area contributed by atoms with Crippen LogP contribution in [-0.4, -0.2) is 6.61 Å². The number of hydrogen-bond donors (Lipinski definition) is 1. The van der Waals surface area contributed by atoms with Crippen LogP contribution < -0.4 is 5.73 Å². The van der Waals surface area contributed by atoms with Crippen molar-refractivity contribution in [1.29, 1.82) is 0 Å². The Labute approximate surface area is 92.4 Å². The van der Waals surface area contributed by atoms with Crippen molar-refractivity contribution in [2.45, 2.75) is 39.3 Å². The molecular weight excluding hydrogens is 186 g/mol. The first-order valence-electron chi connectivity index (χ1n) is 5.73. The summed E-state index contributed by atoms with van der Waals surface area (Å²) < 4.78 is 5.61. The number of ether oxygens (including phenoxy) is 1. The fourth-order valence-electron chi connectivity index (χ4n) is 1.53. The zero-order valence-corrected chi connectivity index (χ0v) is 9.54. The zero-order valence-electron chi connectivity index (χ0n) is 9.54. The molecule has 2 nitrogen and oxygen atoms in total. The second-order valence-electron chi connectivity index (χ2n) is 3.73. The topological polar surface area (TPSA) is 35.2 Å². The van der Waals surface area contributed by atoms with E-state index in [2.05, 4.69) is 19.1 Å². The maximum atomic E-state index is 5.65. The lowest BCUT2D eigenvalue weighted by Gasteiger charge is -2.08. The van der Waals surface area contributed by atoms with Crippen LogP contribution in [0.2, 0.25) is 0 Å². The quantitative estimate of drug-likeness (QED) is 0.698. The van der Waals surface area contributed by atoms with Gasteiger partial charge in [-0.15, -0.1) is 0 Å². The molecule has 84 valence electrons. The number of benzene rings is 1. The van der Waals surface area contributed by atoms with Crippen LogP contribution in [0.25, 0.3) is 0 Å². The lowest BCUT2D eigenvalue weighted by Crippen LogP contribution is -2.03. The average molecular weight is 207 g/mol. The summed E-state index contributed by atoms with van der Waals surface area (Å²) in [5.41, 5.74) is 8.05. The first kappa shape index (κ1) is 12.2. The van der Waals surface area contributed by atoms with Crippen LogP contribution in [0, 0.1) is 0 Å². The molecule has 0 atom stereocenters. The molecular formula is C13H21NO. The summed E-state index contributed by atoms with van der Waals surface area (Å²) in [7, 11) is 0. The van der Waals surface area contributed by atoms with Crippen molar-refractivity contribution in [1.82, 2.24) is 0 Å². The summed E-state index contributed by atoms with van der Waals surface area (Å²) in [6, 6.07) is 8.19. The van der Waals surface area contributed by atoms with Gasteiger partial charge in [-0.05, 0) is 17.5 Å². The maximum Gasteiger partial charge on any atom is 0.0720 e. The summed E-state index contributed by atoms with van der Waals surface area (Å²) in [6.07, 6.45) is 3.64.